The van der Waals surface area contributed by atoms with Gasteiger partial charge in [-0.3, -0.25) is 4.79 Å². The van der Waals surface area contributed by atoms with Crippen LogP contribution in [0.3, 0.4) is 0 Å². The van der Waals surface area contributed by atoms with Gasteiger partial charge in [-0.05, 0) is 25.0 Å². The van der Waals surface area contributed by atoms with Crippen molar-refractivity contribution in [1.29, 1.82) is 0 Å². The average Bonchev–Trinajstić information content (AvgIpc) is 2.89. The molecule has 1 aromatic carbocycles. The lowest BCUT2D eigenvalue weighted by molar-refractivity contribution is -0.131. The molecule has 112 valence electrons. The number of benzene rings is 1. The molecule has 0 saturated carbocycles. The van der Waals surface area contributed by atoms with Crippen molar-refractivity contribution in [3.8, 4) is 0 Å². The van der Waals surface area contributed by atoms with Crippen molar-refractivity contribution in [2.45, 2.75) is 30.2 Å². The van der Waals surface area contributed by atoms with Crippen LogP contribution in [0, 0.1) is 0 Å². The van der Waals surface area contributed by atoms with Crippen molar-refractivity contribution in [3.05, 3.63) is 29.3 Å². The number of carbonyl (C=O) groups is 1. The van der Waals surface area contributed by atoms with Crippen LogP contribution in [0.4, 0.5) is 0 Å². The van der Waals surface area contributed by atoms with E-state index in [0.717, 1.165) is 35.1 Å². The van der Waals surface area contributed by atoms with Gasteiger partial charge in [-0.25, -0.2) is 0 Å². The molecular weight excluding hydrogens is 315 g/mol. The van der Waals surface area contributed by atoms with Gasteiger partial charge in [-0.1, -0.05) is 23.7 Å². The second-order valence-electron chi connectivity index (χ2n) is 4.65. The Hall–Kier alpha value is -0.420. The van der Waals surface area contributed by atoms with Crippen LogP contribution in [0.25, 0.3) is 0 Å². The van der Waals surface area contributed by atoms with Gasteiger partial charge in [0.2, 0.25) is 5.91 Å². The van der Waals surface area contributed by atoms with Crippen molar-refractivity contribution in [3.63, 3.8) is 0 Å². The maximum atomic E-state index is 12.1. The fourth-order valence-corrected chi connectivity index (χ4v) is 3.54. The van der Waals surface area contributed by atoms with Crippen LogP contribution in [0.2, 0.25) is 5.02 Å². The van der Waals surface area contributed by atoms with Gasteiger partial charge in [0.05, 0.1) is 5.02 Å². The average molecular weight is 335 g/mol. The quantitative estimate of drug-likeness (QED) is 0.841. The van der Waals surface area contributed by atoms with E-state index in [1.807, 2.05) is 29.2 Å². The number of thioether (sulfide) groups is 1. The third-order valence-corrected chi connectivity index (χ3v) is 4.90. The summed E-state index contributed by atoms with van der Waals surface area (Å²) in [5, 5.41) is 0.751. The summed E-state index contributed by atoms with van der Waals surface area (Å²) < 4.78 is 0. The minimum atomic E-state index is 0. The highest BCUT2D eigenvalue weighted by atomic mass is 35.5. The minimum absolute atomic E-state index is 0. The van der Waals surface area contributed by atoms with E-state index in [-0.39, 0.29) is 24.4 Å². The molecule has 0 radical (unpaired) electrons. The van der Waals surface area contributed by atoms with Crippen molar-refractivity contribution >= 4 is 41.7 Å². The van der Waals surface area contributed by atoms with Gasteiger partial charge in [0.15, 0.2) is 0 Å². The molecule has 1 heterocycles. The molecule has 1 aromatic rings. The molecule has 0 spiro atoms. The summed E-state index contributed by atoms with van der Waals surface area (Å²) in [4.78, 5) is 15.1. The molecule has 20 heavy (non-hydrogen) atoms. The van der Waals surface area contributed by atoms with Crippen LogP contribution in [0.1, 0.15) is 19.3 Å². The summed E-state index contributed by atoms with van der Waals surface area (Å²) in [5.74, 6) is 0.976. The van der Waals surface area contributed by atoms with Gasteiger partial charge in [-0.15, -0.1) is 24.2 Å². The van der Waals surface area contributed by atoms with Crippen LogP contribution in [0.5, 0.6) is 0 Å². The van der Waals surface area contributed by atoms with E-state index in [4.69, 9.17) is 17.3 Å². The predicted octanol–water partition coefficient (Wildman–Crippen LogP) is 3.19. The standard InChI is InChI=1S/C14H19ClN2OS.ClH/c15-12-5-1-2-6-13(12)19-9-7-14(18)17-8-3-4-11(17)10-16;/h1-2,5-6,11H,3-4,7-10,16H2;1H. The lowest BCUT2D eigenvalue weighted by Crippen LogP contribution is -2.40. The molecule has 3 nitrogen and oxygen atoms in total. The zero-order valence-electron chi connectivity index (χ0n) is 11.3. The summed E-state index contributed by atoms with van der Waals surface area (Å²) in [6, 6.07) is 7.97. The lowest BCUT2D eigenvalue weighted by atomic mass is 10.2. The molecule has 2 rings (SSSR count). The fraction of sp³-hybridized carbons (Fsp3) is 0.500. The van der Waals surface area contributed by atoms with E-state index < -0.39 is 0 Å². The molecule has 1 aliphatic rings. The monoisotopic (exact) mass is 334 g/mol. The van der Waals surface area contributed by atoms with Gasteiger partial charge in [0.25, 0.3) is 0 Å². The Kier molecular flexibility index (Phi) is 7.74. The van der Waals surface area contributed by atoms with E-state index in [2.05, 4.69) is 0 Å². The van der Waals surface area contributed by atoms with E-state index in [1.165, 1.54) is 0 Å². The fourth-order valence-electron chi connectivity index (χ4n) is 2.36. The number of rotatable bonds is 5. The minimum Gasteiger partial charge on any atom is -0.338 e. The van der Waals surface area contributed by atoms with E-state index in [1.54, 1.807) is 11.8 Å². The van der Waals surface area contributed by atoms with E-state index in [9.17, 15) is 4.79 Å². The number of halogens is 2. The molecule has 0 aromatic heterocycles. The summed E-state index contributed by atoms with van der Waals surface area (Å²) in [5.41, 5.74) is 5.69. The molecule has 6 heteroatoms. The Labute approximate surface area is 135 Å². The Morgan fingerprint density at radius 1 is 1.45 bits per heavy atom. The number of likely N-dealkylation sites (tertiary alicyclic amines) is 1. The number of hydrogen-bond acceptors (Lipinski definition) is 3. The zero-order valence-corrected chi connectivity index (χ0v) is 13.6. The topological polar surface area (TPSA) is 46.3 Å². The Morgan fingerprint density at radius 2 is 2.20 bits per heavy atom. The molecule has 1 aliphatic heterocycles. The first kappa shape index (κ1) is 17.6. The molecular formula is C14H20Cl2N2OS. The predicted molar refractivity (Wildman–Crippen MR) is 87.8 cm³/mol. The third-order valence-electron chi connectivity index (χ3n) is 3.38. The maximum Gasteiger partial charge on any atom is 0.223 e. The zero-order chi connectivity index (χ0) is 13.7. The van der Waals surface area contributed by atoms with Crippen LogP contribution < -0.4 is 5.73 Å². The van der Waals surface area contributed by atoms with Crippen molar-refractivity contribution in [2.75, 3.05) is 18.8 Å². The first-order valence-corrected chi connectivity index (χ1v) is 7.95. The number of nitrogens with zero attached hydrogens (tertiary/aromatic N) is 1. The van der Waals surface area contributed by atoms with Gasteiger partial charge < -0.3 is 10.6 Å². The van der Waals surface area contributed by atoms with E-state index in [0.29, 0.717) is 13.0 Å². The van der Waals surface area contributed by atoms with Gasteiger partial charge in [0, 0.05) is 36.2 Å². The second-order valence-corrected chi connectivity index (χ2v) is 6.19. The molecule has 0 bridgehead atoms. The van der Waals surface area contributed by atoms with Crippen molar-refractivity contribution in [1.82, 2.24) is 4.90 Å². The Bertz CT molecular complexity index is 445. The maximum absolute atomic E-state index is 12.1. The highest BCUT2D eigenvalue weighted by Crippen LogP contribution is 2.27. The summed E-state index contributed by atoms with van der Waals surface area (Å²) in [6.07, 6.45) is 2.66. The Balaban J connectivity index is 0.00000200. The van der Waals surface area contributed by atoms with Gasteiger partial charge in [0.1, 0.15) is 0 Å². The lowest BCUT2D eigenvalue weighted by Gasteiger charge is -2.23. The second kappa shape index (κ2) is 8.78. The summed E-state index contributed by atoms with van der Waals surface area (Å²) in [7, 11) is 0. The SMILES string of the molecule is Cl.NCC1CCCN1C(=O)CCSc1ccccc1Cl. The number of carbonyl (C=O) groups excluding carboxylic acids is 1. The molecule has 1 unspecified atom stereocenters. The number of amides is 1. The largest absolute Gasteiger partial charge is 0.338 e. The molecule has 1 amide bonds. The van der Waals surface area contributed by atoms with Gasteiger partial charge >= 0.3 is 0 Å². The summed E-state index contributed by atoms with van der Waals surface area (Å²) in [6.45, 7) is 1.43. The highest BCUT2D eigenvalue weighted by molar-refractivity contribution is 7.99. The van der Waals surface area contributed by atoms with Crippen molar-refractivity contribution in [2.24, 2.45) is 5.73 Å². The van der Waals surface area contributed by atoms with Crippen LogP contribution in [-0.2, 0) is 4.79 Å². The third kappa shape index (κ3) is 4.55. The molecule has 0 aliphatic carbocycles. The molecule has 2 N–H and O–H groups in total. The highest BCUT2D eigenvalue weighted by Gasteiger charge is 2.26. The van der Waals surface area contributed by atoms with Crippen LogP contribution in [0.15, 0.2) is 29.2 Å². The first-order chi connectivity index (χ1) is 9.22. The molecule has 1 fully saturated rings. The number of hydrogen-bond donors (Lipinski definition) is 1. The molecule has 1 atom stereocenters. The van der Waals surface area contributed by atoms with E-state index >= 15 is 0 Å². The van der Waals surface area contributed by atoms with Crippen LogP contribution in [-0.4, -0.2) is 35.7 Å². The van der Waals surface area contributed by atoms with Crippen LogP contribution >= 0.6 is 35.8 Å². The molecule has 1 saturated heterocycles. The Morgan fingerprint density at radius 3 is 2.90 bits per heavy atom. The number of nitrogens with two attached hydrogens (primary N) is 1. The normalized spacial score (nSPS) is 17.9. The van der Waals surface area contributed by atoms with Gasteiger partial charge in [-0.2, -0.15) is 0 Å². The first-order valence-electron chi connectivity index (χ1n) is 6.59. The summed E-state index contributed by atoms with van der Waals surface area (Å²) >= 11 is 7.71. The van der Waals surface area contributed by atoms with Crippen molar-refractivity contribution < 1.29 is 4.79 Å². The smallest absolute Gasteiger partial charge is 0.223 e.